The fourth-order valence-electron chi connectivity index (χ4n) is 2.21. The van der Waals surface area contributed by atoms with Gasteiger partial charge in [-0.3, -0.25) is 4.79 Å². The van der Waals surface area contributed by atoms with E-state index in [1.54, 1.807) is 0 Å². The SMILES string of the molecule is C#CCCCCC(=O)N(C)CC1CCCCN1. The van der Waals surface area contributed by atoms with Crippen LogP contribution >= 0.6 is 0 Å². The Balaban J connectivity index is 2.15. The largest absolute Gasteiger partial charge is 0.344 e. The summed E-state index contributed by atoms with van der Waals surface area (Å²) in [6.07, 6.45) is 12.2. The molecule has 0 aromatic carbocycles. The standard InChI is InChI=1S/C14H24N2O/c1-3-4-5-6-10-14(17)16(2)12-13-9-7-8-11-15-13/h1,13,15H,4-12H2,2H3. The Bertz CT molecular complexity index is 264. The number of rotatable bonds is 6. The van der Waals surface area contributed by atoms with Crippen molar-refractivity contribution in [1.82, 2.24) is 10.2 Å². The normalized spacial score (nSPS) is 19.6. The molecule has 1 N–H and O–H groups in total. The average molecular weight is 236 g/mol. The molecule has 1 heterocycles. The van der Waals surface area contributed by atoms with Crippen molar-refractivity contribution in [2.24, 2.45) is 0 Å². The predicted octanol–water partition coefficient (Wildman–Crippen LogP) is 1.78. The summed E-state index contributed by atoms with van der Waals surface area (Å²) in [4.78, 5) is 13.7. The van der Waals surface area contributed by atoms with Crippen LogP contribution in [0.3, 0.4) is 0 Å². The third kappa shape index (κ3) is 5.74. The minimum atomic E-state index is 0.245. The summed E-state index contributed by atoms with van der Waals surface area (Å²) in [5, 5.41) is 3.46. The predicted molar refractivity (Wildman–Crippen MR) is 70.6 cm³/mol. The molecule has 1 atom stereocenters. The number of likely N-dealkylation sites (N-methyl/N-ethyl adjacent to an activating group) is 1. The van der Waals surface area contributed by atoms with Gasteiger partial charge >= 0.3 is 0 Å². The number of unbranched alkanes of at least 4 members (excludes halogenated alkanes) is 2. The summed E-state index contributed by atoms with van der Waals surface area (Å²) in [5.74, 6) is 2.85. The van der Waals surface area contributed by atoms with Crippen molar-refractivity contribution in [1.29, 1.82) is 0 Å². The Morgan fingerprint density at radius 1 is 1.47 bits per heavy atom. The van der Waals surface area contributed by atoms with E-state index in [0.717, 1.165) is 32.4 Å². The van der Waals surface area contributed by atoms with E-state index in [0.29, 0.717) is 12.5 Å². The van der Waals surface area contributed by atoms with Crippen molar-refractivity contribution in [3.63, 3.8) is 0 Å². The maximum absolute atomic E-state index is 11.8. The van der Waals surface area contributed by atoms with Crippen molar-refractivity contribution >= 4 is 5.91 Å². The first kappa shape index (κ1) is 14.1. The molecule has 1 unspecified atom stereocenters. The number of nitrogens with zero attached hydrogens (tertiary/aromatic N) is 1. The molecule has 1 fully saturated rings. The monoisotopic (exact) mass is 236 g/mol. The second-order valence-corrected chi connectivity index (χ2v) is 4.83. The molecule has 1 amide bonds. The van der Waals surface area contributed by atoms with Crippen LogP contribution in [0.4, 0.5) is 0 Å². The van der Waals surface area contributed by atoms with Gasteiger partial charge in [-0.05, 0) is 32.2 Å². The molecular formula is C14H24N2O. The minimum absolute atomic E-state index is 0.245. The van der Waals surface area contributed by atoms with Gasteiger partial charge in [0.05, 0.1) is 0 Å². The second kappa shape index (κ2) is 8.14. The maximum atomic E-state index is 11.8. The number of carbonyl (C=O) groups is 1. The van der Waals surface area contributed by atoms with Gasteiger partial charge in [0.1, 0.15) is 0 Å². The molecule has 3 heteroatoms. The highest BCUT2D eigenvalue weighted by Gasteiger charge is 2.17. The number of piperidine rings is 1. The first-order chi connectivity index (χ1) is 8.24. The van der Waals surface area contributed by atoms with Crippen LogP contribution in [-0.4, -0.2) is 37.0 Å². The van der Waals surface area contributed by atoms with E-state index in [9.17, 15) is 4.79 Å². The van der Waals surface area contributed by atoms with Gasteiger partial charge < -0.3 is 10.2 Å². The van der Waals surface area contributed by atoms with Gasteiger partial charge in [-0.15, -0.1) is 12.3 Å². The molecule has 3 nitrogen and oxygen atoms in total. The minimum Gasteiger partial charge on any atom is -0.344 e. The van der Waals surface area contributed by atoms with Crippen LogP contribution < -0.4 is 5.32 Å². The first-order valence-corrected chi connectivity index (χ1v) is 6.65. The van der Waals surface area contributed by atoms with Gasteiger partial charge in [0.25, 0.3) is 0 Å². The van der Waals surface area contributed by atoms with Crippen LogP contribution in [0.2, 0.25) is 0 Å². The number of nitrogens with one attached hydrogen (secondary N) is 1. The fraction of sp³-hybridized carbons (Fsp3) is 0.786. The van der Waals surface area contributed by atoms with Crippen LogP contribution in [0.1, 0.15) is 44.9 Å². The van der Waals surface area contributed by atoms with Crippen molar-refractivity contribution < 1.29 is 4.79 Å². The summed E-state index contributed by atoms with van der Waals surface area (Å²) in [6.45, 7) is 1.93. The summed E-state index contributed by atoms with van der Waals surface area (Å²) < 4.78 is 0. The highest BCUT2D eigenvalue weighted by Crippen LogP contribution is 2.09. The number of amides is 1. The summed E-state index contributed by atoms with van der Waals surface area (Å²) >= 11 is 0. The molecule has 0 spiro atoms. The number of hydrogen-bond acceptors (Lipinski definition) is 2. The molecular weight excluding hydrogens is 212 g/mol. The number of hydrogen-bond donors (Lipinski definition) is 1. The van der Waals surface area contributed by atoms with Crippen molar-refractivity contribution in [3.05, 3.63) is 0 Å². The van der Waals surface area contributed by atoms with Crippen molar-refractivity contribution in [3.8, 4) is 12.3 Å². The van der Waals surface area contributed by atoms with Gasteiger partial charge in [0.15, 0.2) is 0 Å². The topological polar surface area (TPSA) is 32.3 Å². The lowest BCUT2D eigenvalue weighted by molar-refractivity contribution is -0.130. The highest BCUT2D eigenvalue weighted by atomic mass is 16.2. The van der Waals surface area contributed by atoms with Crippen LogP contribution in [0, 0.1) is 12.3 Å². The zero-order valence-electron chi connectivity index (χ0n) is 10.9. The average Bonchev–Trinajstić information content (AvgIpc) is 2.35. The molecule has 1 rings (SSSR count). The molecule has 1 aliphatic heterocycles. The van der Waals surface area contributed by atoms with Crippen LogP contribution in [0.15, 0.2) is 0 Å². The lowest BCUT2D eigenvalue weighted by atomic mass is 10.0. The molecule has 0 aromatic rings. The van der Waals surface area contributed by atoms with Crippen LogP contribution in [-0.2, 0) is 4.79 Å². The van der Waals surface area contributed by atoms with Crippen molar-refractivity contribution in [2.45, 2.75) is 51.0 Å². The van der Waals surface area contributed by atoms with E-state index in [1.807, 2.05) is 11.9 Å². The van der Waals surface area contributed by atoms with Gasteiger partial charge in [0.2, 0.25) is 5.91 Å². The third-order valence-corrected chi connectivity index (χ3v) is 3.29. The summed E-state index contributed by atoms with van der Waals surface area (Å²) in [5.41, 5.74) is 0. The van der Waals surface area contributed by atoms with E-state index >= 15 is 0 Å². The quantitative estimate of drug-likeness (QED) is 0.563. The lowest BCUT2D eigenvalue weighted by Crippen LogP contribution is -2.44. The van der Waals surface area contributed by atoms with E-state index in [-0.39, 0.29) is 5.91 Å². The fourth-order valence-corrected chi connectivity index (χ4v) is 2.21. The zero-order valence-corrected chi connectivity index (χ0v) is 10.9. The smallest absolute Gasteiger partial charge is 0.222 e. The lowest BCUT2D eigenvalue weighted by Gasteiger charge is -2.28. The van der Waals surface area contributed by atoms with E-state index in [1.165, 1.54) is 19.3 Å². The molecule has 0 radical (unpaired) electrons. The van der Waals surface area contributed by atoms with Gasteiger partial charge in [-0.1, -0.05) is 6.42 Å². The molecule has 1 saturated heterocycles. The summed E-state index contributed by atoms with van der Waals surface area (Å²) in [6, 6.07) is 0.489. The highest BCUT2D eigenvalue weighted by molar-refractivity contribution is 5.75. The van der Waals surface area contributed by atoms with Crippen molar-refractivity contribution in [2.75, 3.05) is 20.1 Å². The second-order valence-electron chi connectivity index (χ2n) is 4.83. The van der Waals surface area contributed by atoms with Crippen LogP contribution in [0.5, 0.6) is 0 Å². The Morgan fingerprint density at radius 3 is 2.94 bits per heavy atom. The van der Waals surface area contributed by atoms with E-state index in [4.69, 9.17) is 6.42 Å². The van der Waals surface area contributed by atoms with Gasteiger partial charge in [-0.2, -0.15) is 0 Å². The van der Waals surface area contributed by atoms with Gasteiger partial charge in [0, 0.05) is 32.5 Å². The number of carbonyl (C=O) groups excluding carboxylic acids is 1. The van der Waals surface area contributed by atoms with Gasteiger partial charge in [-0.25, -0.2) is 0 Å². The maximum Gasteiger partial charge on any atom is 0.222 e. The molecule has 17 heavy (non-hydrogen) atoms. The van der Waals surface area contributed by atoms with E-state index < -0.39 is 0 Å². The Labute approximate surface area is 105 Å². The molecule has 0 saturated carbocycles. The Morgan fingerprint density at radius 2 is 2.29 bits per heavy atom. The molecule has 1 aliphatic rings. The molecule has 0 aliphatic carbocycles. The number of terminal acetylenes is 1. The Kier molecular flexibility index (Phi) is 6.73. The molecule has 0 aromatic heterocycles. The third-order valence-electron chi connectivity index (χ3n) is 3.29. The summed E-state index contributed by atoms with van der Waals surface area (Å²) in [7, 11) is 1.90. The molecule has 0 bridgehead atoms. The van der Waals surface area contributed by atoms with E-state index in [2.05, 4.69) is 11.2 Å². The zero-order chi connectivity index (χ0) is 12.5. The molecule has 96 valence electrons. The van der Waals surface area contributed by atoms with Crippen LogP contribution in [0.25, 0.3) is 0 Å². The Hall–Kier alpha value is -1.01. The first-order valence-electron chi connectivity index (χ1n) is 6.65.